The number of nitrogens with zero attached hydrogens (tertiary/aromatic N) is 1. The number of benzene rings is 1. The van der Waals surface area contributed by atoms with E-state index in [9.17, 15) is 19.6 Å². The summed E-state index contributed by atoms with van der Waals surface area (Å²) in [5.74, 6) is -1.75. The minimum atomic E-state index is -1.07. The summed E-state index contributed by atoms with van der Waals surface area (Å²) in [7, 11) is 0. The maximum atomic E-state index is 12.5. The van der Waals surface area contributed by atoms with Gasteiger partial charge >= 0.3 is 5.97 Å². The number of hydrogen-bond acceptors (Lipinski definition) is 5. The monoisotopic (exact) mass is 421 g/mol. The number of carbonyl (C=O) groups excluding carboxylic acids is 3. The lowest BCUT2D eigenvalue weighted by Gasteiger charge is -2.27. The summed E-state index contributed by atoms with van der Waals surface area (Å²) in [6.45, 7) is 8.49. The Balaban J connectivity index is 2.74. The Hall–Kier alpha value is -2.59. The van der Waals surface area contributed by atoms with Crippen LogP contribution in [0.4, 0.5) is 0 Å². The van der Waals surface area contributed by atoms with Crippen LogP contribution in [0.3, 0.4) is 0 Å². The third-order valence-electron chi connectivity index (χ3n) is 4.53. The molecule has 1 rings (SSSR count). The molecule has 1 aromatic carbocycles. The van der Waals surface area contributed by atoms with Gasteiger partial charge in [0.2, 0.25) is 0 Å². The molecule has 0 aliphatic heterocycles. The van der Waals surface area contributed by atoms with Crippen molar-refractivity contribution < 1.29 is 19.1 Å². The van der Waals surface area contributed by atoms with Crippen LogP contribution in [0, 0.1) is 23.2 Å². The molecule has 0 aromatic heterocycles. The topological polar surface area (TPSA) is 108 Å². The molecule has 0 heterocycles. The first kappa shape index (κ1) is 24.4. The Morgan fingerprint density at radius 3 is 2.24 bits per heavy atom. The SMILES string of the molecule is CC(C)C[C@@H](NC(=O)c1ccc(Cl)cc1)C(=O)OCC(=O)N[C@](C)(C#N)C(C)C. The zero-order chi connectivity index (χ0) is 22.2. The number of amides is 2. The maximum Gasteiger partial charge on any atom is 0.329 e. The Bertz CT molecular complexity index is 771. The van der Waals surface area contributed by atoms with Crippen LogP contribution in [0.15, 0.2) is 24.3 Å². The number of esters is 1. The van der Waals surface area contributed by atoms with Crippen LogP contribution in [0.2, 0.25) is 5.02 Å². The second-order valence-corrected chi connectivity index (χ2v) is 8.22. The van der Waals surface area contributed by atoms with Gasteiger partial charge in [-0.1, -0.05) is 39.3 Å². The normalized spacial score (nSPS) is 13.9. The van der Waals surface area contributed by atoms with Gasteiger partial charge in [-0.2, -0.15) is 5.26 Å². The highest BCUT2D eigenvalue weighted by atomic mass is 35.5. The molecule has 0 bridgehead atoms. The number of carbonyl (C=O) groups is 3. The Morgan fingerprint density at radius 2 is 1.76 bits per heavy atom. The summed E-state index contributed by atoms with van der Waals surface area (Å²) in [6.07, 6.45) is 0.349. The quantitative estimate of drug-likeness (QED) is 0.595. The highest BCUT2D eigenvalue weighted by Gasteiger charge is 2.31. The molecule has 7 nitrogen and oxygen atoms in total. The largest absolute Gasteiger partial charge is 0.454 e. The van der Waals surface area contributed by atoms with Crippen LogP contribution < -0.4 is 10.6 Å². The Kier molecular flexibility index (Phi) is 9.12. The molecule has 0 saturated heterocycles. The second-order valence-electron chi connectivity index (χ2n) is 7.79. The van der Waals surface area contributed by atoms with E-state index in [4.69, 9.17) is 16.3 Å². The fourth-order valence-corrected chi connectivity index (χ4v) is 2.52. The van der Waals surface area contributed by atoms with Gasteiger partial charge < -0.3 is 15.4 Å². The van der Waals surface area contributed by atoms with Gasteiger partial charge in [0.15, 0.2) is 6.61 Å². The molecule has 0 saturated carbocycles. The highest BCUT2D eigenvalue weighted by Crippen LogP contribution is 2.15. The Labute approximate surface area is 176 Å². The summed E-state index contributed by atoms with van der Waals surface area (Å²) >= 11 is 5.82. The van der Waals surface area contributed by atoms with Crippen LogP contribution >= 0.6 is 11.6 Å². The summed E-state index contributed by atoms with van der Waals surface area (Å²) in [6, 6.07) is 7.42. The van der Waals surface area contributed by atoms with E-state index in [1.165, 1.54) is 0 Å². The summed E-state index contributed by atoms with van der Waals surface area (Å²) in [5.41, 5.74) is -0.709. The van der Waals surface area contributed by atoms with Crippen molar-refractivity contribution in [2.45, 2.75) is 52.6 Å². The maximum absolute atomic E-state index is 12.5. The predicted octanol–water partition coefficient (Wildman–Crippen LogP) is 3.08. The third kappa shape index (κ3) is 7.74. The fourth-order valence-electron chi connectivity index (χ4n) is 2.39. The molecule has 0 fully saturated rings. The second kappa shape index (κ2) is 10.8. The molecule has 0 aliphatic carbocycles. The number of nitrogens with one attached hydrogen (secondary N) is 2. The first-order valence-electron chi connectivity index (χ1n) is 9.43. The molecule has 0 aliphatic rings. The minimum Gasteiger partial charge on any atom is -0.454 e. The molecule has 2 amide bonds. The van der Waals surface area contributed by atoms with Crippen LogP contribution in [0.5, 0.6) is 0 Å². The van der Waals surface area contributed by atoms with Gasteiger partial charge in [-0.25, -0.2) is 4.79 Å². The molecular formula is C21H28ClN3O4. The number of nitriles is 1. The first-order valence-corrected chi connectivity index (χ1v) is 9.81. The number of rotatable bonds is 9. The van der Waals surface area contributed by atoms with E-state index in [1.54, 1.807) is 45.0 Å². The van der Waals surface area contributed by atoms with Crippen molar-refractivity contribution in [1.82, 2.24) is 10.6 Å². The van der Waals surface area contributed by atoms with Crippen molar-refractivity contribution >= 4 is 29.4 Å². The summed E-state index contributed by atoms with van der Waals surface area (Å²) in [4.78, 5) is 37.0. The van der Waals surface area contributed by atoms with Crippen molar-refractivity contribution in [3.8, 4) is 6.07 Å². The van der Waals surface area contributed by atoms with E-state index in [0.717, 1.165) is 0 Å². The minimum absolute atomic E-state index is 0.106. The van der Waals surface area contributed by atoms with Gasteiger partial charge in [0.1, 0.15) is 11.6 Å². The molecule has 2 atom stereocenters. The zero-order valence-electron chi connectivity index (χ0n) is 17.4. The lowest BCUT2D eigenvalue weighted by Crippen LogP contribution is -2.50. The van der Waals surface area contributed by atoms with Crippen LogP contribution in [-0.4, -0.2) is 36.0 Å². The van der Waals surface area contributed by atoms with Crippen molar-refractivity contribution in [3.63, 3.8) is 0 Å². The molecular weight excluding hydrogens is 394 g/mol. The van der Waals surface area contributed by atoms with E-state index in [1.807, 2.05) is 13.8 Å². The van der Waals surface area contributed by atoms with Crippen molar-refractivity contribution in [2.24, 2.45) is 11.8 Å². The average molecular weight is 422 g/mol. The van der Waals surface area contributed by atoms with E-state index < -0.39 is 36.0 Å². The van der Waals surface area contributed by atoms with Crippen molar-refractivity contribution in [3.05, 3.63) is 34.9 Å². The highest BCUT2D eigenvalue weighted by molar-refractivity contribution is 6.30. The van der Waals surface area contributed by atoms with Crippen molar-refractivity contribution in [1.29, 1.82) is 5.26 Å². The predicted molar refractivity (Wildman–Crippen MR) is 110 cm³/mol. The molecule has 0 spiro atoms. The first-order chi connectivity index (χ1) is 13.5. The third-order valence-corrected chi connectivity index (χ3v) is 4.79. The lowest BCUT2D eigenvalue weighted by atomic mass is 9.90. The van der Waals surface area contributed by atoms with Gasteiger partial charge in [0, 0.05) is 10.6 Å². The van der Waals surface area contributed by atoms with Gasteiger partial charge in [0.25, 0.3) is 11.8 Å². The van der Waals surface area contributed by atoms with Gasteiger partial charge in [-0.05, 0) is 49.4 Å². The van der Waals surface area contributed by atoms with Crippen LogP contribution in [0.25, 0.3) is 0 Å². The molecule has 2 N–H and O–H groups in total. The number of ether oxygens (including phenoxy) is 1. The smallest absolute Gasteiger partial charge is 0.329 e. The van der Waals surface area contributed by atoms with Crippen molar-refractivity contribution in [2.75, 3.05) is 6.61 Å². The Morgan fingerprint density at radius 1 is 1.17 bits per heavy atom. The zero-order valence-corrected chi connectivity index (χ0v) is 18.2. The molecule has 29 heavy (non-hydrogen) atoms. The summed E-state index contributed by atoms with van der Waals surface area (Å²) < 4.78 is 5.10. The lowest BCUT2D eigenvalue weighted by molar-refractivity contribution is -0.151. The van der Waals surface area contributed by atoms with E-state index in [0.29, 0.717) is 17.0 Å². The molecule has 8 heteroatoms. The number of halogens is 1. The number of hydrogen-bond donors (Lipinski definition) is 2. The standard InChI is InChI=1S/C21H28ClN3O4/c1-13(2)10-17(24-19(27)15-6-8-16(22)9-7-15)20(28)29-11-18(26)25-21(5,12-23)14(3)4/h6-9,13-14,17H,10-11H2,1-5H3,(H,24,27)(H,25,26)/t17-,21-/m1/s1. The average Bonchev–Trinajstić information content (AvgIpc) is 2.65. The molecule has 0 unspecified atom stereocenters. The van der Waals surface area contributed by atoms with E-state index in [2.05, 4.69) is 16.7 Å². The van der Waals surface area contributed by atoms with Crippen LogP contribution in [0.1, 0.15) is 51.4 Å². The molecule has 0 radical (unpaired) electrons. The van der Waals surface area contributed by atoms with E-state index in [-0.39, 0.29) is 11.8 Å². The van der Waals surface area contributed by atoms with Gasteiger partial charge in [0.05, 0.1) is 6.07 Å². The fraction of sp³-hybridized carbons (Fsp3) is 0.524. The van der Waals surface area contributed by atoms with Gasteiger partial charge in [-0.3, -0.25) is 9.59 Å². The molecule has 158 valence electrons. The van der Waals surface area contributed by atoms with Gasteiger partial charge in [-0.15, -0.1) is 0 Å². The summed E-state index contributed by atoms with van der Waals surface area (Å²) in [5, 5.41) is 15.0. The van der Waals surface area contributed by atoms with Crippen LogP contribution in [-0.2, 0) is 14.3 Å². The van der Waals surface area contributed by atoms with E-state index >= 15 is 0 Å². The molecule has 1 aromatic rings.